The lowest BCUT2D eigenvalue weighted by Crippen LogP contribution is -2.30. The predicted molar refractivity (Wildman–Crippen MR) is 105 cm³/mol. The van der Waals surface area contributed by atoms with E-state index in [1.165, 1.54) is 0 Å². The number of aryl methyl sites for hydroxylation is 1. The third-order valence-electron chi connectivity index (χ3n) is 4.07. The molecule has 134 valence electrons. The zero-order valence-corrected chi connectivity index (χ0v) is 15.9. The highest BCUT2D eigenvalue weighted by molar-refractivity contribution is 6.30. The van der Waals surface area contributed by atoms with Crippen LogP contribution in [0.4, 0.5) is 11.4 Å². The lowest BCUT2D eigenvalue weighted by molar-refractivity contribution is -0.122. The van der Waals surface area contributed by atoms with E-state index in [2.05, 4.69) is 30.1 Å². The molecule has 1 atom stereocenters. The summed E-state index contributed by atoms with van der Waals surface area (Å²) in [7, 11) is 0. The Morgan fingerprint density at radius 3 is 2.52 bits per heavy atom. The topological polar surface area (TPSA) is 41.6 Å². The minimum absolute atomic E-state index is 0.196. The zero-order valence-electron chi connectivity index (χ0n) is 15.2. The van der Waals surface area contributed by atoms with Gasteiger partial charge >= 0.3 is 0 Å². The number of anilines is 2. The molecule has 1 N–H and O–H groups in total. The minimum atomic E-state index is -0.625. The van der Waals surface area contributed by atoms with E-state index in [9.17, 15) is 4.79 Å². The molecule has 0 bridgehead atoms. The first kappa shape index (κ1) is 19.1. The van der Waals surface area contributed by atoms with Gasteiger partial charge in [0, 0.05) is 29.5 Å². The Labute approximate surface area is 154 Å². The summed E-state index contributed by atoms with van der Waals surface area (Å²) >= 11 is 5.94. The van der Waals surface area contributed by atoms with Gasteiger partial charge in [-0.2, -0.15) is 0 Å². The average molecular weight is 361 g/mol. The molecular formula is C20H25ClN2O2. The monoisotopic (exact) mass is 360 g/mol. The normalized spacial score (nSPS) is 11.7. The summed E-state index contributed by atoms with van der Waals surface area (Å²) in [5, 5.41) is 3.51. The number of rotatable bonds is 7. The van der Waals surface area contributed by atoms with Gasteiger partial charge in [0.05, 0.1) is 0 Å². The summed E-state index contributed by atoms with van der Waals surface area (Å²) in [6, 6.07) is 13.1. The minimum Gasteiger partial charge on any atom is -0.481 e. The van der Waals surface area contributed by atoms with Crippen molar-refractivity contribution >= 4 is 28.9 Å². The Kier molecular flexibility index (Phi) is 6.71. The molecule has 0 aliphatic heterocycles. The fraction of sp³-hybridized carbons (Fsp3) is 0.350. The highest BCUT2D eigenvalue weighted by Gasteiger charge is 2.16. The fourth-order valence-corrected chi connectivity index (χ4v) is 2.79. The molecule has 1 amide bonds. The molecule has 0 heterocycles. The van der Waals surface area contributed by atoms with Crippen LogP contribution >= 0.6 is 11.6 Å². The van der Waals surface area contributed by atoms with Gasteiger partial charge in [-0.3, -0.25) is 4.79 Å². The molecule has 1 unspecified atom stereocenters. The summed E-state index contributed by atoms with van der Waals surface area (Å²) < 4.78 is 5.66. The molecular weight excluding hydrogens is 336 g/mol. The number of hydrogen-bond donors (Lipinski definition) is 1. The van der Waals surface area contributed by atoms with Crippen LogP contribution in [0.1, 0.15) is 26.3 Å². The van der Waals surface area contributed by atoms with E-state index in [0.717, 1.165) is 30.0 Å². The van der Waals surface area contributed by atoms with Gasteiger partial charge in [-0.1, -0.05) is 17.7 Å². The van der Waals surface area contributed by atoms with Gasteiger partial charge < -0.3 is 15.0 Å². The second-order valence-electron chi connectivity index (χ2n) is 5.88. The molecule has 2 aromatic carbocycles. The maximum absolute atomic E-state index is 12.4. The number of halogens is 1. The second-order valence-corrected chi connectivity index (χ2v) is 6.31. The molecule has 0 aromatic heterocycles. The van der Waals surface area contributed by atoms with E-state index in [0.29, 0.717) is 10.8 Å². The van der Waals surface area contributed by atoms with Crippen LogP contribution in [0, 0.1) is 6.92 Å². The maximum atomic E-state index is 12.4. The molecule has 4 nitrogen and oxygen atoms in total. The maximum Gasteiger partial charge on any atom is 0.265 e. The summed E-state index contributed by atoms with van der Waals surface area (Å²) in [5.41, 5.74) is 2.97. The predicted octanol–water partition coefficient (Wildman–Crippen LogP) is 4.90. The average Bonchev–Trinajstić information content (AvgIpc) is 2.58. The molecule has 0 aliphatic rings. The number of carbonyl (C=O) groups excluding carboxylic acids is 1. The van der Waals surface area contributed by atoms with E-state index in [1.54, 1.807) is 31.2 Å². The molecule has 5 heteroatoms. The Morgan fingerprint density at radius 2 is 1.92 bits per heavy atom. The van der Waals surface area contributed by atoms with Gasteiger partial charge in [-0.25, -0.2) is 0 Å². The van der Waals surface area contributed by atoms with Crippen molar-refractivity contribution in [3.63, 3.8) is 0 Å². The van der Waals surface area contributed by atoms with Crippen LogP contribution in [0.25, 0.3) is 0 Å². The fourth-order valence-electron chi connectivity index (χ4n) is 2.61. The number of nitrogens with zero attached hydrogens (tertiary/aromatic N) is 1. The molecule has 0 spiro atoms. The number of amides is 1. The smallest absolute Gasteiger partial charge is 0.265 e. The first-order chi connectivity index (χ1) is 11.9. The lowest BCUT2D eigenvalue weighted by Gasteiger charge is -2.22. The third kappa shape index (κ3) is 5.13. The van der Waals surface area contributed by atoms with E-state index in [4.69, 9.17) is 16.3 Å². The van der Waals surface area contributed by atoms with Crippen molar-refractivity contribution in [2.45, 2.75) is 33.8 Å². The Bertz CT molecular complexity index is 729. The van der Waals surface area contributed by atoms with Crippen LogP contribution in [-0.2, 0) is 4.79 Å². The summed E-state index contributed by atoms with van der Waals surface area (Å²) in [6.07, 6.45) is -0.625. The Morgan fingerprint density at radius 1 is 1.20 bits per heavy atom. The summed E-state index contributed by atoms with van der Waals surface area (Å²) in [4.78, 5) is 14.7. The van der Waals surface area contributed by atoms with Gasteiger partial charge in [-0.15, -0.1) is 0 Å². The van der Waals surface area contributed by atoms with Gasteiger partial charge in [0.1, 0.15) is 5.75 Å². The van der Waals surface area contributed by atoms with Crippen LogP contribution in [0.5, 0.6) is 5.75 Å². The Balaban J connectivity index is 2.04. The van der Waals surface area contributed by atoms with Gasteiger partial charge in [-0.05, 0) is 69.7 Å². The molecule has 0 saturated heterocycles. The van der Waals surface area contributed by atoms with Crippen molar-refractivity contribution in [3.8, 4) is 5.75 Å². The van der Waals surface area contributed by atoms with Crippen molar-refractivity contribution in [3.05, 3.63) is 53.1 Å². The first-order valence-electron chi connectivity index (χ1n) is 8.53. The summed E-state index contributed by atoms with van der Waals surface area (Å²) in [5.74, 6) is 0.377. The van der Waals surface area contributed by atoms with Crippen molar-refractivity contribution < 1.29 is 9.53 Å². The standard InChI is InChI=1S/C20H25ClN2O2/c1-5-23(6-2)17-10-11-19(14(3)12-17)22-20(24)15(4)25-18-9-7-8-16(21)13-18/h7-13,15H,5-6H2,1-4H3,(H,22,24). The number of carbonyl (C=O) groups is 1. The molecule has 2 aromatic rings. The number of nitrogens with one attached hydrogen (secondary N) is 1. The van der Waals surface area contributed by atoms with E-state index < -0.39 is 6.10 Å². The lowest BCUT2D eigenvalue weighted by atomic mass is 10.1. The first-order valence-corrected chi connectivity index (χ1v) is 8.91. The van der Waals surface area contributed by atoms with Gasteiger partial charge in [0.25, 0.3) is 5.91 Å². The molecule has 0 fully saturated rings. The second kappa shape index (κ2) is 8.77. The van der Waals surface area contributed by atoms with Crippen LogP contribution in [0.3, 0.4) is 0 Å². The van der Waals surface area contributed by atoms with Crippen molar-refractivity contribution in [2.75, 3.05) is 23.3 Å². The highest BCUT2D eigenvalue weighted by atomic mass is 35.5. The zero-order chi connectivity index (χ0) is 18.4. The van der Waals surface area contributed by atoms with E-state index in [1.807, 2.05) is 19.1 Å². The molecule has 0 radical (unpaired) electrons. The van der Waals surface area contributed by atoms with Gasteiger partial charge in [0.15, 0.2) is 6.10 Å². The molecule has 2 rings (SSSR count). The highest BCUT2D eigenvalue weighted by Crippen LogP contribution is 2.23. The number of hydrogen-bond acceptors (Lipinski definition) is 3. The van der Waals surface area contributed by atoms with Crippen LogP contribution < -0.4 is 15.0 Å². The molecule has 0 saturated carbocycles. The van der Waals surface area contributed by atoms with Crippen LogP contribution in [0.15, 0.2) is 42.5 Å². The Hall–Kier alpha value is -2.20. The summed E-state index contributed by atoms with van der Waals surface area (Å²) in [6.45, 7) is 9.87. The van der Waals surface area contributed by atoms with E-state index >= 15 is 0 Å². The largest absolute Gasteiger partial charge is 0.481 e. The van der Waals surface area contributed by atoms with Crippen molar-refractivity contribution in [1.82, 2.24) is 0 Å². The van der Waals surface area contributed by atoms with Crippen molar-refractivity contribution in [2.24, 2.45) is 0 Å². The molecule has 25 heavy (non-hydrogen) atoms. The third-order valence-corrected chi connectivity index (χ3v) is 4.31. The number of benzene rings is 2. The number of ether oxygens (including phenoxy) is 1. The van der Waals surface area contributed by atoms with Crippen molar-refractivity contribution in [1.29, 1.82) is 0 Å². The van der Waals surface area contributed by atoms with Crippen LogP contribution in [0.2, 0.25) is 5.02 Å². The van der Waals surface area contributed by atoms with Crippen LogP contribution in [-0.4, -0.2) is 25.1 Å². The van der Waals surface area contributed by atoms with Gasteiger partial charge in [0.2, 0.25) is 0 Å². The van der Waals surface area contributed by atoms with E-state index in [-0.39, 0.29) is 5.91 Å². The quantitative estimate of drug-likeness (QED) is 0.763. The molecule has 0 aliphatic carbocycles. The SMILES string of the molecule is CCN(CC)c1ccc(NC(=O)C(C)Oc2cccc(Cl)c2)c(C)c1.